The maximum atomic E-state index is 12.2. The number of nitro benzene ring substituents is 2. The van der Waals surface area contributed by atoms with Crippen LogP contribution in [0.4, 0.5) is 17.1 Å². The van der Waals surface area contributed by atoms with Crippen LogP contribution in [0.25, 0.3) is 0 Å². The second-order valence-corrected chi connectivity index (χ2v) is 5.97. The summed E-state index contributed by atoms with van der Waals surface area (Å²) in [6.07, 6.45) is 0. The Kier molecular flexibility index (Phi) is 4.54. The average Bonchev–Trinajstić information content (AvgIpc) is 2.47. The van der Waals surface area contributed by atoms with Gasteiger partial charge in [0.2, 0.25) is 5.69 Å². The van der Waals surface area contributed by atoms with Crippen molar-refractivity contribution < 1.29 is 23.0 Å². The van der Waals surface area contributed by atoms with Crippen LogP contribution in [0.5, 0.6) is 0 Å². The highest BCUT2D eigenvalue weighted by atomic mass is 32.2. The fraction of sp³-hybridized carbons (Fsp3) is 0.400. The van der Waals surface area contributed by atoms with E-state index in [0.29, 0.717) is 0 Å². The number of anilines is 1. The summed E-state index contributed by atoms with van der Waals surface area (Å²) < 4.78 is 32.4. The zero-order chi connectivity index (χ0) is 16.3. The molecule has 1 N–H and O–H groups in total. The van der Waals surface area contributed by atoms with Crippen LogP contribution in [-0.2, 0) is 14.9 Å². The minimum Gasteiger partial charge on any atom is -0.379 e. The lowest BCUT2D eigenvalue weighted by molar-refractivity contribution is -0.392. The van der Waals surface area contributed by atoms with E-state index in [1.165, 1.54) is 0 Å². The first-order chi connectivity index (χ1) is 10.3. The summed E-state index contributed by atoms with van der Waals surface area (Å²) in [6.45, 7) is 0.479. The summed E-state index contributed by atoms with van der Waals surface area (Å²) in [5.74, 6) is 0. The summed E-state index contributed by atoms with van der Waals surface area (Å²) in [6, 6.07) is 3.09. The molecule has 12 heteroatoms. The summed E-state index contributed by atoms with van der Waals surface area (Å²) in [4.78, 5) is 20.2. The second kappa shape index (κ2) is 6.21. The predicted octanol–water partition coefficient (Wildman–Crippen LogP) is 0.492. The van der Waals surface area contributed by atoms with Gasteiger partial charge in [-0.25, -0.2) is 0 Å². The quantitative estimate of drug-likeness (QED) is 0.610. The van der Waals surface area contributed by atoms with Crippen LogP contribution in [0, 0.1) is 20.2 Å². The number of morpholine rings is 1. The van der Waals surface area contributed by atoms with Gasteiger partial charge in [0.05, 0.1) is 23.1 Å². The van der Waals surface area contributed by atoms with E-state index in [1.807, 2.05) is 4.72 Å². The average molecular weight is 332 g/mol. The van der Waals surface area contributed by atoms with Gasteiger partial charge in [-0.1, -0.05) is 0 Å². The van der Waals surface area contributed by atoms with Gasteiger partial charge in [-0.15, -0.1) is 0 Å². The van der Waals surface area contributed by atoms with Crippen LogP contribution in [0.2, 0.25) is 0 Å². The molecule has 0 aromatic heterocycles. The summed E-state index contributed by atoms with van der Waals surface area (Å²) in [5.41, 5.74) is -2.04. The smallest absolute Gasteiger partial charge is 0.302 e. The molecule has 0 unspecified atom stereocenters. The first-order valence-corrected chi connectivity index (χ1v) is 7.54. The van der Waals surface area contributed by atoms with Gasteiger partial charge in [0.25, 0.3) is 11.4 Å². The number of nitrogens with zero attached hydrogens (tertiary/aromatic N) is 3. The molecule has 0 saturated carbocycles. The molecule has 1 fully saturated rings. The highest BCUT2D eigenvalue weighted by molar-refractivity contribution is 7.90. The van der Waals surface area contributed by atoms with Crippen LogP contribution in [0.3, 0.4) is 0 Å². The largest absolute Gasteiger partial charge is 0.379 e. The van der Waals surface area contributed by atoms with Crippen molar-refractivity contribution in [3.05, 3.63) is 38.4 Å². The first-order valence-electron chi connectivity index (χ1n) is 6.10. The van der Waals surface area contributed by atoms with Gasteiger partial charge in [0.15, 0.2) is 0 Å². The van der Waals surface area contributed by atoms with Gasteiger partial charge in [0, 0.05) is 25.2 Å². The Morgan fingerprint density at radius 3 is 2.05 bits per heavy atom. The highest BCUT2D eigenvalue weighted by Gasteiger charge is 2.32. The Bertz CT molecular complexity index is 667. The number of hydrogen-bond acceptors (Lipinski definition) is 7. The SMILES string of the molecule is O=[N+]([O-])c1cccc([N+](=O)[O-])c1NS(=O)(=O)N1CCOCC1. The zero-order valence-corrected chi connectivity index (χ0v) is 12.0. The first kappa shape index (κ1) is 16.1. The van der Waals surface area contributed by atoms with E-state index < -0.39 is 37.1 Å². The van der Waals surface area contributed by atoms with Crippen molar-refractivity contribution in [1.82, 2.24) is 4.31 Å². The van der Waals surface area contributed by atoms with E-state index in [0.717, 1.165) is 22.5 Å². The number of ether oxygens (including phenoxy) is 1. The second-order valence-electron chi connectivity index (χ2n) is 4.30. The van der Waals surface area contributed by atoms with Gasteiger partial charge >= 0.3 is 10.2 Å². The number of nitro groups is 2. The molecule has 0 amide bonds. The molecule has 0 atom stereocenters. The van der Waals surface area contributed by atoms with E-state index in [2.05, 4.69) is 0 Å². The number of nitrogens with one attached hydrogen (secondary N) is 1. The number of benzene rings is 1. The van der Waals surface area contributed by atoms with E-state index >= 15 is 0 Å². The Hall–Kier alpha value is -2.31. The molecule has 1 aliphatic heterocycles. The lowest BCUT2D eigenvalue weighted by Gasteiger charge is -2.26. The molecular weight excluding hydrogens is 320 g/mol. The standard InChI is InChI=1S/C10H12N4O7S/c15-13(16)8-2-1-3-9(14(17)18)10(8)11-22(19,20)12-4-6-21-7-5-12/h1-3,11H,4-7H2. The monoisotopic (exact) mass is 332 g/mol. The predicted molar refractivity (Wildman–Crippen MR) is 74.7 cm³/mol. The molecule has 1 saturated heterocycles. The molecule has 0 bridgehead atoms. The van der Waals surface area contributed by atoms with Crippen molar-refractivity contribution >= 4 is 27.3 Å². The maximum Gasteiger partial charge on any atom is 0.302 e. The lowest BCUT2D eigenvalue weighted by atomic mass is 10.2. The molecule has 1 aliphatic rings. The van der Waals surface area contributed by atoms with Gasteiger partial charge < -0.3 is 4.74 Å². The molecule has 1 aromatic carbocycles. The highest BCUT2D eigenvalue weighted by Crippen LogP contribution is 2.34. The van der Waals surface area contributed by atoms with E-state index in [1.54, 1.807) is 0 Å². The minimum atomic E-state index is -4.15. The third-order valence-electron chi connectivity index (χ3n) is 2.95. The third-order valence-corrected chi connectivity index (χ3v) is 4.46. The fourth-order valence-electron chi connectivity index (χ4n) is 1.92. The molecule has 1 aromatic rings. The molecule has 22 heavy (non-hydrogen) atoms. The van der Waals surface area contributed by atoms with Crippen LogP contribution < -0.4 is 4.72 Å². The summed E-state index contributed by atoms with van der Waals surface area (Å²) >= 11 is 0. The number of hydrogen-bond donors (Lipinski definition) is 1. The molecule has 1 heterocycles. The topological polar surface area (TPSA) is 145 Å². The van der Waals surface area contributed by atoms with Gasteiger partial charge in [-0.05, 0) is 6.07 Å². The van der Waals surface area contributed by atoms with Gasteiger partial charge in [0.1, 0.15) is 0 Å². The van der Waals surface area contributed by atoms with E-state index in [9.17, 15) is 28.6 Å². The molecular formula is C10H12N4O7S. The van der Waals surface area contributed by atoms with E-state index in [-0.39, 0.29) is 26.3 Å². The summed E-state index contributed by atoms with van der Waals surface area (Å²) in [5, 5.41) is 21.9. The molecule has 0 aliphatic carbocycles. The van der Waals surface area contributed by atoms with Gasteiger partial charge in [-0.3, -0.25) is 25.0 Å². The Morgan fingerprint density at radius 1 is 1.09 bits per heavy atom. The van der Waals surface area contributed by atoms with E-state index in [4.69, 9.17) is 4.74 Å². The molecule has 11 nitrogen and oxygen atoms in total. The number of para-hydroxylation sites is 1. The Balaban J connectivity index is 2.43. The van der Waals surface area contributed by atoms with Crippen LogP contribution in [-0.4, -0.2) is 48.9 Å². The van der Waals surface area contributed by atoms with Crippen molar-refractivity contribution in [3.63, 3.8) is 0 Å². The molecule has 2 rings (SSSR count). The summed E-state index contributed by atoms with van der Waals surface area (Å²) in [7, 11) is -4.15. The zero-order valence-electron chi connectivity index (χ0n) is 11.2. The Labute approximate surface area is 125 Å². The van der Waals surface area contributed by atoms with Gasteiger partial charge in [-0.2, -0.15) is 12.7 Å². The molecule has 0 radical (unpaired) electrons. The van der Waals surface area contributed by atoms with Crippen LogP contribution in [0.15, 0.2) is 18.2 Å². The molecule has 0 spiro atoms. The Morgan fingerprint density at radius 2 is 1.59 bits per heavy atom. The van der Waals surface area contributed by atoms with Crippen molar-refractivity contribution in [1.29, 1.82) is 0 Å². The van der Waals surface area contributed by atoms with Crippen molar-refractivity contribution in [3.8, 4) is 0 Å². The third kappa shape index (κ3) is 3.29. The van der Waals surface area contributed by atoms with Crippen molar-refractivity contribution in [2.75, 3.05) is 31.0 Å². The van der Waals surface area contributed by atoms with Crippen molar-refractivity contribution in [2.45, 2.75) is 0 Å². The lowest BCUT2D eigenvalue weighted by Crippen LogP contribution is -2.43. The fourth-order valence-corrected chi connectivity index (χ4v) is 3.14. The van der Waals surface area contributed by atoms with Crippen LogP contribution >= 0.6 is 0 Å². The minimum absolute atomic E-state index is 0.0593. The van der Waals surface area contributed by atoms with Crippen LogP contribution in [0.1, 0.15) is 0 Å². The maximum absolute atomic E-state index is 12.2. The molecule has 120 valence electrons. The normalized spacial score (nSPS) is 16.2. The van der Waals surface area contributed by atoms with Crippen molar-refractivity contribution in [2.24, 2.45) is 0 Å². The number of rotatable bonds is 5.